The summed E-state index contributed by atoms with van der Waals surface area (Å²) >= 11 is 0. The SMILES string of the molecule is O=C(NC1CCc2cc(F)ccc21)N1CCC(CO)CC1. The molecular formula is C16H21FN2O2. The second kappa shape index (κ2) is 6.02. The summed E-state index contributed by atoms with van der Waals surface area (Å²) in [5, 5.41) is 12.2. The highest BCUT2D eigenvalue weighted by Crippen LogP contribution is 2.31. The van der Waals surface area contributed by atoms with Gasteiger partial charge in [-0.2, -0.15) is 0 Å². The topological polar surface area (TPSA) is 52.6 Å². The summed E-state index contributed by atoms with van der Waals surface area (Å²) in [6.45, 7) is 1.59. The minimum Gasteiger partial charge on any atom is -0.396 e. The van der Waals surface area contributed by atoms with E-state index >= 15 is 0 Å². The number of hydrogen-bond acceptors (Lipinski definition) is 2. The fourth-order valence-electron chi connectivity index (χ4n) is 3.29. The highest BCUT2D eigenvalue weighted by Gasteiger charge is 2.28. The first-order valence-electron chi connectivity index (χ1n) is 7.62. The monoisotopic (exact) mass is 292 g/mol. The second-order valence-corrected chi connectivity index (χ2v) is 6.00. The Morgan fingerprint density at radius 2 is 2.10 bits per heavy atom. The quantitative estimate of drug-likeness (QED) is 0.878. The van der Waals surface area contributed by atoms with Gasteiger partial charge in [0, 0.05) is 19.7 Å². The lowest BCUT2D eigenvalue weighted by Crippen LogP contribution is -2.45. The van der Waals surface area contributed by atoms with Crippen LogP contribution in [0.15, 0.2) is 18.2 Å². The molecule has 0 saturated carbocycles. The van der Waals surface area contributed by atoms with E-state index in [1.807, 2.05) is 4.90 Å². The molecule has 1 unspecified atom stereocenters. The number of aryl methyl sites for hydroxylation is 1. The van der Waals surface area contributed by atoms with Crippen LogP contribution in [0.25, 0.3) is 0 Å². The van der Waals surface area contributed by atoms with Crippen LogP contribution < -0.4 is 5.32 Å². The third-order valence-electron chi connectivity index (χ3n) is 4.64. The second-order valence-electron chi connectivity index (χ2n) is 6.00. The van der Waals surface area contributed by atoms with Crippen molar-refractivity contribution >= 4 is 6.03 Å². The smallest absolute Gasteiger partial charge is 0.317 e. The zero-order chi connectivity index (χ0) is 14.8. The molecule has 1 aliphatic heterocycles. The molecule has 1 aromatic rings. The summed E-state index contributed by atoms with van der Waals surface area (Å²) in [6, 6.07) is 4.74. The molecule has 1 saturated heterocycles. The maximum atomic E-state index is 13.2. The summed E-state index contributed by atoms with van der Waals surface area (Å²) in [7, 11) is 0. The number of urea groups is 1. The lowest BCUT2D eigenvalue weighted by molar-refractivity contribution is 0.135. The molecule has 21 heavy (non-hydrogen) atoms. The molecule has 1 atom stereocenters. The van der Waals surface area contributed by atoms with E-state index < -0.39 is 0 Å². The number of aliphatic hydroxyl groups excluding tert-OH is 1. The van der Waals surface area contributed by atoms with Crippen LogP contribution in [0.3, 0.4) is 0 Å². The van der Waals surface area contributed by atoms with E-state index in [-0.39, 0.29) is 24.5 Å². The third kappa shape index (κ3) is 3.02. The van der Waals surface area contributed by atoms with Crippen LogP contribution in [0, 0.1) is 11.7 Å². The summed E-state index contributed by atoms with van der Waals surface area (Å²) in [5.74, 6) is 0.107. The van der Waals surface area contributed by atoms with Gasteiger partial charge in [-0.1, -0.05) is 6.07 Å². The number of aliphatic hydroxyl groups is 1. The highest BCUT2D eigenvalue weighted by atomic mass is 19.1. The van der Waals surface area contributed by atoms with E-state index in [4.69, 9.17) is 5.11 Å². The normalized spacial score (nSPS) is 22.2. The molecule has 1 aromatic carbocycles. The zero-order valence-electron chi connectivity index (χ0n) is 12.0. The van der Waals surface area contributed by atoms with E-state index in [0.29, 0.717) is 19.0 Å². The van der Waals surface area contributed by atoms with Crippen LogP contribution in [0.4, 0.5) is 9.18 Å². The molecule has 1 heterocycles. The van der Waals surface area contributed by atoms with Gasteiger partial charge in [-0.05, 0) is 54.9 Å². The number of nitrogens with one attached hydrogen (secondary N) is 1. The molecule has 2 N–H and O–H groups in total. The van der Waals surface area contributed by atoms with Crippen molar-refractivity contribution in [3.63, 3.8) is 0 Å². The van der Waals surface area contributed by atoms with Crippen LogP contribution in [0.5, 0.6) is 0 Å². The zero-order valence-corrected chi connectivity index (χ0v) is 12.0. The van der Waals surface area contributed by atoms with E-state index in [1.165, 1.54) is 6.07 Å². The van der Waals surface area contributed by atoms with E-state index in [0.717, 1.165) is 36.8 Å². The molecular weight excluding hydrogens is 271 g/mol. The Labute approximate surface area is 124 Å². The standard InChI is InChI=1S/C16H21FN2O2/c17-13-2-3-14-12(9-13)1-4-15(14)18-16(21)19-7-5-11(10-20)6-8-19/h2-3,9,11,15,20H,1,4-8,10H2,(H,18,21). The molecule has 1 fully saturated rings. The Morgan fingerprint density at radius 1 is 1.33 bits per heavy atom. The number of carbonyl (C=O) groups excluding carboxylic acids is 1. The Hall–Kier alpha value is -1.62. The van der Waals surface area contributed by atoms with Crippen LogP contribution in [-0.2, 0) is 6.42 Å². The number of benzene rings is 1. The van der Waals surface area contributed by atoms with Gasteiger partial charge in [-0.3, -0.25) is 0 Å². The van der Waals surface area contributed by atoms with E-state index in [9.17, 15) is 9.18 Å². The first-order chi connectivity index (χ1) is 10.2. The number of hydrogen-bond donors (Lipinski definition) is 2. The van der Waals surface area contributed by atoms with Crippen LogP contribution >= 0.6 is 0 Å². The van der Waals surface area contributed by atoms with Gasteiger partial charge >= 0.3 is 6.03 Å². The molecule has 0 radical (unpaired) electrons. The van der Waals surface area contributed by atoms with Crippen molar-refractivity contribution in [3.8, 4) is 0 Å². The average molecular weight is 292 g/mol. The summed E-state index contributed by atoms with van der Waals surface area (Å²) in [5.41, 5.74) is 2.04. The first-order valence-corrected chi connectivity index (χ1v) is 7.62. The fraction of sp³-hybridized carbons (Fsp3) is 0.562. The van der Waals surface area contributed by atoms with Gasteiger partial charge in [0.25, 0.3) is 0 Å². The van der Waals surface area contributed by atoms with Crippen LogP contribution in [0.1, 0.15) is 36.4 Å². The number of halogens is 1. The van der Waals surface area contributed by atoms with E-state index in [2.05, 4.69) is 5.32 Å². The molecule has 3 rings (SSSR count). The molecule has 114 valence electrons. The molecule has 0 bridgehead atoms. The number of amides is 2. The summed E-state index contributed by atoms with van der Waals surface area (Å²) in [6.07, 6.45) is 3.36. The summed E-state index contributed by atoms with van der Waals surface area (Å²) < 4.78 is 13.2. The number of rotatable bonds is 2. The van der Waals surface area contributed by atoms with Crippen molar-refractivity contribution in [3.05, 3.63) is 35.1 Å². The molecule has 4 nitrogen and oxygen atoms in total. The predicted molar refractivity (Wildman–Crippen MR) is 77.4 cm³/mol. The largest absolute Gasteiger partial charge is 0.396 e. The minimum atomic E-state index is -0.216. The number of piperidine rings is 1. The molecule has 2 amide bonds. The fourth-order valence-corrected chi connectivity index (χ4v) is 3.29. The van der Waals surface area contributed by atoms with Crippen molar-refractivity contribution in [1.82, 2.24) is 10.2 Å². The van der Waals surface area contributed by atoms with Crippen molar-refractivity contribution in [1.29, 1.82) is 0 Å². The molecule has 0 aromatic heterocycles. The number of fused-ring (bicyclic) bond motifs is 1. The molecule has 5 heteroatoms. The van der Waals surface area contributed by atoms with Gasteiger partial charge < -0.3 is 15.3 Å². The van der Waals surface area contributed by atoms with Crippen molar-refractivity contribution in [2.45, 2.75) is 31.7 Å². The van der Waals surface area contributed by atoms with Gasteiger partial charge in [0.05, 0.1) is 6.04 Å². The average Bonchev–Trinajstić information content (AvgIpc) is 2.89. The van der Waals surface area contributed by atoms with Gasteiger partial charge in [0.1, 0.15) is 5.82 Å². The van der Waals surface area contributed by atoms with Gasteiger partial charge in [0.2, 0.25) is 0 Å². The van der Waals surface area contributed by atoms with Crippen molar-refractivity contribution in [2.24, 2.45) is 5.92 Å². The highest BCUT2D eigenvalue weighted by molar-refractivity contribution is 5.75. The Kier molecular flexibility index (Phi) is 4.10. The number of carbonyl (C=O) groups is 1. The number of nitrogens with zero attached hydrogens (tertiary/aromatic N) is 1. The maximum Gasteiger partial charge on any atom is 0.317 e. The molecule has 0 spiro atoms. The minimum absolute atomic E-state index is 0.0105. The predicted octanol–water partition coefficient (Wildman–Crippen LogP) is 2.23. The summed E-state index contributed by atoms with van der Waals surface area (Å²) in [4.78, 5) is 14.1. The van der Waals surface area contributed by atoms with Crippen molar-refractivity contribution in [2.75, 3.05) is 19.7 Å². The van der Waals surface area contributed by atoms with Crippen molar-refractivity contribution < 1.29 is 14.3 Å². The lowest BCUT2D eigenvalue weighted by atomic mass is 9.98. The van der Waals surface area contributed by atoms with E-state index in [1.54, 1.807) is 12.1 Å². The Balaban J connectivity index is 1.60. The molecule has 1 aliphatic carbocycles. The third-order valence-corrected chi connectivity index (χ3v) is 4.64. The first kappa shape index (κ1) is 14.3. The van der Waals surface area contributed by atoms with Gasteiger partial charge in [-0.15, -0.1) is 0 Å². The molecule has 2 aliphatic rings. The van der Waals surface area contributed by atoms with Crippen LogP contribution in [0.2, 0.25) is 0 Å². The van der Waals surface area contributed by atoms with Gasteiger partial charge in [0.15, 0.2) is 0 Å². The lowest BCUT2D eigenvalue weighted by Gasteiger charge is -2.32. The number of likely N-dealkylation sites (tertiary alicyclic amines) is 1. The van der Waals surface area contributed by atoms with Crippen LogP contribution in [-0.4, -0.2) is 35.7 Å². The van der Waals surface area contributed by atoms with Gasteiger partial charge in [-0.25, -0.2) is 9.18 Å². The Morgan fingerprint density at radius 3 is 2.81 bits per heavy atom. The Bertz CT molecular complexity index is 527. The maximum absolute atomic E-state index is 13.2.